The number of anilines is 1. The van der Waals surface area contributed by atoms with Crippen molar-refractivity contribution in [2.45, 2.75) is 19.8 Å². The molecule has 1 aromatic heterocycles. The minimum absolute atomic E-state index is 0.189. The van der Waals surface area contributed by atoms with Crippen LogP contribution >= 0.6 is 22.9 Å². The van der Waals surface area contributed by atoms with Crippen LogP contribution in [0.5, 0.6) is 5.75 Å². The predicted molar refractivity (Wildman–Crippen MR) is 107 cm³/mol. The molecular formula is C20H19ClN2O2S. The first-order valence-electron chi connectivity index (χ1n) is 8.38. The summed E-state index contributed by atoms with van der Waals surface area (Å²) in [5.74, 6) is 0.574. The lowest BCUT2D eigenvalue weighted by Crippen LogP contribution is -2.11. The molecule has 0 atom stereocenters. The zero-order chi connectivity index (χ0) is 18.4. The Morgan fingerprint density at radius 3 is 2.69 bits per heavy atom. The van der Waals surface area contributed by atoms with E-state index in [1.165, 1.54) is 11.3 Å². The van der Waals surface area contributed by atoms with Crippen LogP contribution in [-0.2, 0) is 6.42 Å². The van der Waals surface area contributed by atoms with E-state index in [9.17, 15) is 4.79 Å². The number of carbonyl (C=O) groups excluding carboxylic acids is 1. The summed E-state index contributed by atoms with van der Waals surface area (Å²) in [6.07, 6.45) is 3.41. The highest BCUT2D eigenvalue weighted by Crippen LogP contribution is 2.25. The number of rotatable bonds is 7. The van der Waals surface area contributed by atoms with E-state index in [1.54, 1.807) is 30.5 Å². The largest absolute Gasteiger partial charge is 0.494 e. The number of amides is 1. The molecule has 0 bridgehead atoms. The lowest BCUT2D eigenvalue weighted by atomic mass is 10.1. The van der Waals surface area contributed by atoms with Gasteiger partial charge in [-0.1, -0.05) is 36.7 Å². The van der Waals surface area contributed by atoms with E-state index < -0.39 is 0 Å². The van der Waals surface area contributed by atoms with Crippen LogP contribution in [0.3, 0.4) is 0 Å². The summed E-state index contributed by atoms with van der Waals surface area (Å²) in [5, 5.41) is 4.14. The summed E-state index contributed by atoms with van der Waals surface area (Å²) in [5.41, 5.74) is 1.61. The van der Waals surface area contributed by atoms with Crippen LogP contribution < -0.4 is 10.1 Å². The van der Waals surface area contributed by atoms with E-state index in [-0.39, 0.29) is 5.91 Å². The van der Waals surface area contributed by atoms with Crippen molar-refractivity contribution in [2.75, 3.05) is 11.9 Å². The quantitative estimate of drug-likeness (QED) is 0.589. The Balaban J connectivity index is 1.61. The van der Waals surface area contributed by atoms with Gasteiger partial charge in [0.1, 0.15) is 5.75 Å². The molecule has 6 heteroatoms. The number of ether oxygens (including phenoxy) is 1. The van der Waals surface area contributed by atoms with Crippen LogP contribution in [0.25, 0.3) is 0 Å². The van der Waals surface area contributed by atoms with Crippen LogP contribution in [0.2, 0.25) is 5.02 Å². The normalized spacial score (nSPS) is 10.5. The second-order valence-corrected chi connectivity index (χ2v) is 7.25. The van der Waals surface area contributed by atoms with Crippen molar-refractivity contribution in [2.24, 2.45) is 0 Å². The zero-order valence-electron chi connectivity index (χ0n) is 14.4. The Kier molecular flexibility index (Phi) is 6.26. The van der Waals surface area contributed by atoms with Crippen molar-refractivity contribution in [3.8, 4) is 5.75 Å². The molecule has 0 saturated carbocycles. The Morgan fingerprint density at radius 2 is 1.96 bits per heavy atom. The molecule has 3 rings (SSSR count). The summed E-state index contributed by atoms with van der Waals surface area (Å²) in [4.78, 5) is 17.7. The summed E-state index contributed by atoms with van der Waals surface area (Å²) >= 11 is 7.64. The van der Waals surface area contributed by atoms with E-state index in [0.29, 0.717) is 23.7 Å². The fraction of sp³-hybridized carbons (Fsp3) is 0.200. The predicted octanol–water partition coefficient (Wildman–Crippen LogP) is 5.43. The first kappa shape index (κ1) is 18.4. The van der Waals surface area contributed by atoms with Crippen LogP contribution in [0.4, 0.5) is 5.13 Å². The number of nitrogens with zero attached hydrogens (tertiary/aromatic N) is 1. The topological polar surface area (TPSA) is 51.2 Å². The van der Waals surface area contributed by atoms with Crippen molar-refractivity contribution < 1.29 is 9.53 Å². The van der Waals surface area contributed by atoms with E-state index in [2.05, 4.69) is 17.2 Å². The molecule has 4 nitrogen and oxygen atoms in total. The van der Waals surface area contributed by atoms with Gasteiger partial charge in [-0.3, -0.25) is 10.1 Å². The number of halogens is 1. The van der Waals surface area contributed by atoms with E-state index in [4.69, 9.17) is 16.3 Å². The molecule has 1 heterocycles. The number of aromatic nitrogens is 1. The molecule has 0 fully saturated rings. The van der Waals surface area contributed by atoms with Gasteiger partial charge in [0.05, 0.1) is 6.61 Å². The Morgan fingerprint density at radius 1 is 1.19 bits per heavy atom. The van der Waals surface area contributed by atoms with Gasteiger partial charge in [-0.2, -0.15) is 0 Å². The molecule has 0 aliphatic rings. The zero-order valence-corrected chi connectivity index (χ0v) is 15.9. The highest BCUT2D eigenvalue weighted by atomic mass is 35.5. The maximum atomic E-state index is 12.4. The monoisotopic (exact) mass is 386 g/mol. The fourth-order valence-corrected chi connectivity index (χ4v) is 3.40. The molecule has 26 heavy (non-hydrogen) atoms. The van der Waals surface area contributed by atoms with Crippen LogP contribution in [0.15, 0.2) is 54.7 Å². The second kappa shape index (κ2) is 8.83. The first-order valence-corrected chi connectivity index (χ1v) is 9.57. The third-order valence-corrected chi connectivity index (χ3v) is 4.97. The van der Waals surface area contributed by atoms with Gasteiger partial charge in [-0.15, -0.1) is 11.3 Å². The summed E-state index contributed by atoms with van der Waals surface area (Å²) in [6, 6.07) is 14.8. The number of benzene rings is 2. The number of thiazole rings is 1. The number of hydrogen-bond donors (Lipinski definition) is 1. The number of carbonyl (C=O) groups is 1. The van der Waals surface area contributed by atoms with E-state index in [0.717, 1.165) is 27.6 Å². The summed E-state index contributed by atoms with van der Waals surface area (Å²) in [6.45, 7) is 2.72. The molecule has 0 unspecified atom stereocenters. The lowest BCUT2D eigenvalue weighted by molar-refractivity contribution is 0.102. The molecule has 0 radical (unpaired) electrons. The Bertz CT molecular complexity index is 878. The standard InChI is InChI=1S/C20H19ClN2O2S/c1-2-11-25-16-9-7-14(8-10-16)19(24)23-20-22-13-17(26-20)12-15-5-3-4-6-18(15)21/h3-10,13H,2,11-12H2,1H3,(H,22,23,24). The Hall–Kier alpha value is -2.37. The van der Waals surface area contributed by atoms with Gasteiger partial charge in [0, 0.05) is 28.1 Å². The van der Waals surface area contributed by atoms with Crippen molar-refractivity contribution in [3.63, 3.8) is 0 Å². The average Bonchev–Trinajstić information content (AvgIpc) is 3.09. The van der Waals surface area contributed by atoms with E-state index in [1.807, 2.05) is 24.3 Å². The highest BCUT2D eigenvalue weighted by Gasteiger charge is 2.10. The molecule has 0 saturated heterocycles. The van der Waals surface area contributed by atoms with Crippen LogP contribution in [-0.4, -0.2) is 17.5 Å². The van der Waals surface area contributed by atoms with E-state index >= 15 is 0 Å². The maximum absolute atomic E-state index is 12.4. The van der Waals surface area contributed by atoms with Crippen molar-refractivity contribution >= 4 is 34.0 Å². The van der Waals surface area contributed by atoms with Gasteiger partial charge in [0.25, 0.3) is 5.91 Å². The molecule has 0 spiro atoms. The third-order valence-electron chi connectivity index (χ3n) is 3.69. The minimum atomic E-state index is -0.189. The van der Waals surface area contributed by atoms with Crippen molar-refractivity contribution in [3.05, 3.63) is 75.8 Å². The maximum Gasteiger partial charge on any atom is 0.257 e. The van der Waals surface area contributed by atoms with Gasteiger partial charge in [0.2, 0.25) is 0 Å². The molecule has 1 amide bonds. The highest BCUT2D eigenvalue weighted by molar-refractivity contribution is 7.15. The molecule has 3 aromatic rings. The van der Waals surface area contributed by atoms with Gasteiger partial charge in [0.15, 0.2) is 5.13 Å². The number of hydrogen-bond acceptors (Lipinski definition) is 4. The van der Waals surface area contributed by atoms with Gasteiger partial charge >= 0.3 is 0 Å². The molecule has 0 aliphatic carbocycles. The van der Waals surface area contributed by atoms with Crippen molar-refractivity contribution in [1.29, 1.82) is 0 Å². The molecular weight excluding hydrogens is 368 g/mol. The van der Waals surface area contributed by atoms with Gasteiger partial charge in [-0.05, 0) is 42.3 Å². The number of nitrogens with one attached hydrogen (secondary N) is 1. The summed E-state index contributed by atoms with van der Waals surface area (Å²) in [7, 11) is 0. The minimum Gasteiger partial charge on any atom is -0.494 e. The molecule has 2 aromatic carbocycles. The van der Waals surface area contributed by atoms with Crippen LogP contribution in [0, 0.1) is 0 Å². The first-order chi connectivity index (χ1) is 12.7. The van der Waals surface area contributed by atoms with Crippen LogP contribution in [0.1, 0.15) is 34.1 Å². The van der Waals surface area contributed by atoms with Crippen molar-refractivity contribution in [1.82, 2.24) is 4.98 Å². The average molecular weight is 387 g/mol. The molecule has 134 valence electrons. The summed E-state index contributed by atoms with van der Waals surface area (Å²) < 4.78 is 5.52. The Labute approximate surface area is 161 Å². The fourth-order valence-electron chi connectivity index (χ4n) is 2.37. The van der Waals surface area contributed by atoms with Gasteiger partial charge < -0.3 is 4.74 Å². The van der Waals surface area contributed by atoms with Gasteiger partial charge in [-0.25, -0.2) is 4.98 Å². The lowest BCUT2D eigenvalue weighted by Gasteiger charge is -2.05. The third kappa shape index (κ3) is 4.84. The molecule has 0 aliphatic heterocycles. The SMILES string of the molecule is CCCOc1ccc(C(=O)Nc2ncc(Cc3ccccc3Cl)s2)cc1. The smallest absolute Gasteiger partial charge is 0.257 e. The molecule has 1 N–H and O–H groups in total. The second-order valence-electron chi connectivity index (χ2n) is 5.73.